The van der Waals surface area contributed by atoms with Gasteiger partial charge in [-0.15, -0.1) is 0 Å². The standard InChI is InChI=1S/C14H20FN3O2/c1-8-7-16-13(12(8)17-9(2)19)14(20)18-11-5-3-10(15)4-6-11/h10-11H,3-7H2,1-2H3,(H,17,19)(H,18,20). The summed E-state index contributed by atoms with van der Waals surface area (Å²) in [7, 11) is 0. The molecule has 1 aliphatic heterocycles. The zero-order valence-electron chi connectivity index (χ0n) is 11.8. The van der Waals surface area contributed by atoms with Gasteiger partial charge >= 0.3 is 0 Å². The molecule has 20 heavy (non-hydrogen) atoms. The molecule has 0 spiro atoms. The van der Waals surface area contributed by atoms with Gasteiger partial charge in [0.05, 0.1) is 12.2 Å². The Labute approximate surface area is 117 Å². The van der Waals surface area contributed by atoms with E-state index in [9.17, 15) is 14.0 Å². The molecule has 110 valence electrons. The lowest BCUT2D eigenvalue weighted by Gasteiger charge is -2.25. The van der Waals surface area contributed by atoms with E-state index in [1.54, 1.807) is 0 Å². The number of rotatable bonds is 3. The molecule has 0 unspecified atom stereocenters. The van der Waals surface area contributed by atoms with E-state index in [0.29, 0.717) is 37.9 Å². The van der Waals surface area contributed by atoms with Gasteiger partial charge in [-0.2, -0.15) is 0 Å². The molecular weight excluding hydrogens is 261 g/mol. The van der Waals surface area contributed by atoms with Gasteiger partial charge in [-0.3, -0.25) is 14.6 Å². The van der Waals surface area contributed by atoms with Crippen molar-refractivity contribution < 1.29 is 14.0 Å². The summed E-state index contributed by atoms with van der Waals surface area (Å²) in [5.41, 5.74) is 1.66. The Balaban J connectivity index is 1.97. The molecule has 1 heterocycles. The van der Waals surface area contributed by atoms with Gasteiger partial charge in [0, 0.05) is 13.0 Å². The molecule has 1 saturated carbocycles. The summed E-state index contributed by atoms with van der Waals surface area (Å²) in [6.07, 6.45) is 1.54. The van der Waals surface area contributed by atoms with Crippen LogP contribution in [0.4, 0.5) is 4.39 Å². The van der Waals surface area contributed by atoms with E-state index >= 15 is 0 Å². The highest BCUT2D eigenvalue weighted by Gasteiger charge is 2.27. The largest absolute Gasteiger partial charge is 0.348 e. The van der Waals surface area contributed by atoms with Gasteiger partial charge in [0.2, 0.25) is 5.91 Å². The summed E-state index contributed by atoms with van der Waals surface area (Å²) < 4.78 is 13.1. The number of alkyl halides is 1. The van der Waals surface area contributed by atoms with Crippen LogP contribution in [-0.2, 0) is 9.59 Å². The molecule has 0 radical (unpaired) electrons. The molecule has 2 rings (SSSR count). The summed E-state index contributed by atoms with van der Waals surface area (Å²) in [5, 5.41) is 5.54. The van der Waals surface area contributed by atoms with Crippen molar-refractivity contribution in [2.45, 2.75) is 51.7 Å². The van der Waals surface area contributed by atoms with Crippen LogP contribution in [0.3, 0.4) is 0 Å². The monoisotopic (exact) mass is 281 g/mol. The van der Waals surface area contributed by atoms with Crippen LogP contribution in [0.5, 0.6) is 0 Å². The summed E-state index contributed by atoms with van der Waals surface area (Å²) in [4.78, 5) is 27.6. The molecule has 5 nitrogen and oxygen atoms in total. The van der Waals surface area contributed by atoms with Crippen LogP contribution in [-0.4, -0.2) is 36.3 Å². The quantitative estimate of drug-likeness (QED) is 0.817. The summed E-state index contributed by atoms with van der Waals surface area (Å²) in [6.45, 7) is 3.66. The average Bonchev–Trinajstić information content (AvgIpc) is 2.73. The number of halogens is 1. The minimum atomic E-state index is -0.746. The molecule has 0 aromatic carbocycles. The van der Waals surface area contributed by atoms with Crippen molar-refractivity contribution in [1.29, 1.82) is 0 Å². The molecule has 1 fully saturated rings. The minimum Gasteiger partial charge on any atom is -0.348 e. The molecule has 0 aromatic rings. The van der Waals surface area contributed by atoms with E-state index in [1.165, 1.54) is 6.92 Å². The second kappa shape index (κ2) is 6.15. The maximum atomic E-state index is 13.1. The van der Waals surface area contributed by atoms with Gasteiger partial charge < -0.3 is 10.6 Å². The molecule has 2 N–H and O–H groups in total. The average molecular weight is 281 g/mol. The fourth-order valence-corrected chi connectivity index (χ4v) is 2.54. The van der Waals surface area contributed by atoms with Gasteiger partial charge in [-0.25, -0.2) is 4.39 Å². The fourth-order valence-electron chi connectivity index (χ4n) is 2.54. The van der Waals surface area contributed by atoms with Crippen LogP contribution in [0, 0.1) is 0 Å². The number of hydrogen-bond donors (Lipinski definition) is 2. The van der Waals surface area contributed by atoms with Gasteiger partial charge in [0.1, 0.15) is 11.9 Å². The first-order chi connectivity index (χ1) is 9.47. The number of nitrogens with one attached hydrogen (secondary N) is 2. The lowest BCUT2D eigenvalue weighted by Crippen LogP contribution is -2.43. The first kappa shape index (κ1) is 14.7. The van der Waals surface area contributed by atoms with Gasteiger partial charge in [-0.05, 0) is 38.2 Å². The topological polar surface area (TPSA) is 70.6 Å². The predicted molar refractivity (Wildman–Crippen MR) is 74.1 cm³/mol. The maximum Gasteiger partial charge on any atom is 0.271 e. The first-order valence-corrected chi connectivity index (χ1v) is 6.94. The Bertz CT molecular complexity index is 477. The van der Waals surface area contributed by atoms with Crippen molar-refractivity contribution in [3.63, 3.8) is 0 Å². The Morgan fingerprint density at radius 3 is 2.50 bits per heavy atom. The Morgan fingerprint density at radius 2 is 1.90 bits per heavy atom. The van der Waals surface area contributed by atoms with Crippen LogP contribution < -0.4 is 10.6 Å². The zero-order valence-corrected chi connectivity index (χ0v) is 11.8. The molecule has 1 aliphatic carbocycles. The third-order valence-electron chi connectivity index (χ3n) is 3.65. The van der Waals surface area contributed by atoms with Crippen LogP contribution in [0.1, 0.15) is 39.5 Å². The minimum absolute atomic E-state index is 0.00307. The van der Waals surface area contributed by atoms with E-state index < -0.39 is 6.17 Å². The molecule has 2 amide bonds. The summed E-state index contributed by atoms with van der Waals surface area (Å²) in [6, 6.07) is -0.00307. The number of nitrogens with zero attached hydrogens (tertiary/aromatic N) is 1. The van der Waals surface area contributed by atoms with E-state index in [2.05, 4.69) is 15.6 Å². The Kier molecular flexibility index (Phi) is 4.52. The maximum absolute atomic E-state index is 13.1. The molecular formula is C14H20FN3O2. The number of carbonyl (C=O) groups is 2. The van der Waals surface area contributed by atoms with Crippen LogP contribution in [0.15, 0.2) is 16.3 Å². The van der Waals surface area contributed by atoms with Crippen LogP contribution in [0.2, 0.25) is 0 Å². The molecule has 0 aromatic heterocycles. The summed E-state index contributed by atoms with van der Waals surface area (Å²) >= 11 is 0. The summed E-state index contributed by atoms with van der Waals surface area (Å²) in [5.74, 6) is -0.507. The smallest absolute Gasteiger partial charge is 0.271 e. The Hall–Kier alpha value is -1.72. The molecule has 0 saturated heterocycles. The third-order valence-corrected chi connectivity index (χ3v) is 3.65. The van der Waals surface area contributed by atoms with Crippen molar-refractivity contribution in [3.05, 3.63) is 11.3 Å². The van der Waals surface area contributed by atoms with Crippen molar-refractivity contribution >= 4 is 17.5 Å². The number of aliphatic imine (C=N–C) groups is 1. The lowest BCUT2D eigenvalue weighted by molar-refractivity contribution is -0.118. The van der Waals surface area contributed by atoms with E-state index in [4.69, 9.17) is 0 Å². The predicted octanol–water partition coefficient (Wildman–Crippen LogP) is 1.25. The van der Waals surface area contributed by atoms with Crippen LogP contribution in [0.25, 0.3) is 0 Å². The van der Waals surface area contributed by atoms with Crippen molar-refractivity contribution in [1.82, 2.24) is 10.6 Å². The highest BCUT2D eigenvalue weighted by molar-refractivity contribution is 6.46. The second-order valence-electron chi connectivity index (χ2n) is 5.42. The van der Waals surface area contributed by atoms with Gasteiger partial charge in [0.25, 0.3) is 5.91 Å². The highest BCUT2D eigenvalue weighted by atomic mass is 19.1. The van der Waals surface area contributed by atoms with E-state index in [0.717, 1.165) is 5.57 Å². The SMILES string of the molecule is CC(=O)NC1=C(C)CN=C1C(=O)NC1CCC(F)CC1. The molecule has 6 heteroatoms. The molecule has 0 bridgehead atoms. The first-order valence-electron chi connectivity index (χ1n) is 6.94. The third kappa shape index (κ3) is 3.43. The van der Waals surface area contributed by atoms with Crippen LogP contribution >= 0.6 is 0 Å². The number of hydrogen-bond acceptors (Lipinski definition) is 3. The highest BCUT2D eigenvalue weighted by Crippen LogP contribution is 2.21. The zero-order chi connectivity index (χ0) is 14.7. The van der Waals surface area contributed by atoms with Crippen molar-refractivity contribution in [3.8, 4) is 0 Å². The normalized spacial score (nSPS) is 26.2. The Morgan fingerprint density at radius 1 is 1.25 bits per heavy atom. The molecule has 0 atom stereocenters. The van der Waals surface area contributed by atoms with Gasteiger partial charge in [0.15, 0.2) is 0 Å². The van der Waals surface area contributed by atoms with Gasteiger partial charge in [-0.1, -0.05) is 0 Å². The number of carbonyl (C=O) groups excluding carboxylic acids is 2. The van der Waals surface area contributed by atoms with E-state index in [-0.39, 0.29) is 23.6 Å². The van der Waals surface area contributed by atoms with Crippen molar-refractivity contribution in [2.75, 3.05) is 6.54 Å². The fraction of sp³-hybridized carbons (Fsp3) is 0.643. The second-order valence-corrected chi connectivity index (χ2v) is 5.42. The molecule has 2 aliphatic rings. The van der Waals surface area contributed by atoms with Crippen molar-refractivity contribution in [2.24, 2.45) is 4.99 Å². The number of amides is 2. The lowest BCUT2D eigenvalue weighted by atomic mass is 9.94. The van der Waals surface area contributed by atoms with E-state index in [1.807, 2.05) is 6.92 Å².